The highest BCUT2D eigenvalue weighted by atomic mass is 32.2. The molecule has 7 nitrogen and oxygen atoms in total. The van der Waals surface area contributed by atoms with E-state index in [1.54, 1.807) is 31.4 Å². The van der Waals surface area contributed by atoms with E-state index >= 15 is 0 Å². The normalized spacial score (nSPS) is 23.5. The van der Waals surface area contributed by atoms with E-state index in [9.17, 15) is 13.5 Å². The monoisotopic (exact) mass is 342 g/mol. The zero-order valence-electron chi connectivity index (χ0n) is 11.7. The summed E-state index contributed by atoms with van der Waals surface area (Å²) in [5, 5.41) is 17.4. The largest absolute Gasteiger partial charge is 0.497 e. The van der Waals surface area contributed by atoms with Crippen molar-refractivity contribution in [1.82, 2.24) is 10.2 Å². The Hall–Kier alpha value is -1.58. The average molecular weight is 342 g/mol. The molecule has 3 rings (SSSR count). The molecule has 1 fully saturated rings. The standard InChI is InChI=1S/C13H14N2O5S2/c1-19-9-4-2-8(3-5-9)12-14-15-13(20-12)21-11-7-22(17,18)6-10(11)16/h2-5,10-11,16H,6-7H2,1H3/t10-,11-/m1/s1. The molecule has 0 spiro atoms. The second-order valence-corrected chi connectivity index (χ2v) is 8.25. The first-order valence-corrected chi connectivity index (χ1v) is 9.20. The lowest BCUT2D eigenvalue weighted by Crippen LogP contribution is -2.19. The van der Waals surface area contributed by atoms with Crippen LogP contribution in [0.3, 0.4) is 0 Å². The van der Waals surface area contributed by atoms with Gasteiger partial charge in [0.15, 0.2) is 9.84 Å². The molecule has 0 unspecified atom stereocenters. The maximum atomic E-state index is 11.5. The Bertz CT molecular complexity index is 757. The van der Waals surface area contributed by atoms with E-state index in [0.717, 1.165) is 23.1 Å². The molecule has 0 amide bonds. The third-order valence-electron chi connectivity index (χ3n) is 3.27. The smallest absolute Gasteiger partial charge is 0.277 e. The molecule has 1 saturated heterocycles. The van der Waals surface area contributed by atoms with E-state index in [0.29, 0.717) is 5.89 Å². The molecule has 9 heteroatoms. The summed E-state index contributed by atoms with van der Waals surface area (Å²) >= 11 is 1.09. The molecule has 2 atom stereocenters. The lowest BCUT2D eigenvalue weighted by atomic mass is 10.2. The Morgan fingerprint density at radius 1 is 1.27 bits per heavy atom. The number of ether oxygens (including phenoxy) is 1. The molecular weight excluding hydrogens is 328 g/mol. The SMILES string of the molecule is COc1ccc(-c2nnc(S[C@@H]3CS(=O)(=O)C[C@H]3O)o2)cc1. The highest BCUT2D eigenvalue weighted by Gasteiger charge is 2.38. The van der Waals surface area contributed by atoms with Crippen molar-refractivity contribution >= 4 is 21.6 Å². The molecular formula is C13H14N2O5S2. The number of hydrogen-bond acceptors (Lipinski definition) is 8. The molecule has 1 aromatic carbocycles. The van der Waals surface area contributed by atoms with Crippen LogP contribution < -0.4 is 4.74 Å². The highest BCUT2D eigenvalue weighted by Crippen LogP contribution is 2.32. The van der Waals surface area contributed by atoms with Gasteiger partial charge < -0.3 is 14.3 Å². The summed E-state index contributed by atoms with van der Waals surface area (Å²) in [6.07, 6.45) is -0.911. The summed E-state index contributed by atoms with van der Waals surface area (Å²) in [4.78, 5) is 0. The van der Waals surface area contributed by atoms with Crippen LogP contribution in [0.2, 0.25) is 0 Å². The number of benzene rings is 1. The van der Waals surface area contributed by atoms with E-state index < -0.39 is 21.2 Å². The number of sulfone groups is 1. The third kappa shape index (κ3) is 3.26. The number of thioether (sulfide) groups is 1. The lowest BCUT2D eigenvalue weighted by Gasteiger charge is -2.07. The van der Waals surface area contributed by atoms with Crippen molar-refractivity contribution in [2.45, 2.75) is 16.6 Å². The lowest BCUT2D eigenvalue weighted by molar-refractivity contribution is 0.207. The summed E-state index contributed by atoms with van der Waals surface area (Å²) in [7, 11) is -1.61. The summed E-state index contributed by atoms with van der Waals surface area (Å²) < 4.78 is 33.5. The zero-order chi connectivity index (χ0) is 15.7. The molecule has 2 heterocycles. The fraction of sp³-hybridized carbons (Fsp3) is 0.385. The second kappa shape index (κ2) is 5.90. The van der Waals surface area contributed by atoms with E-state index in [2.05, 4.69) is 10.2 Å². The van der Waals surface area contributed by atoms with Crippen molar-refractivity contribution in [1.29, 1.82) is 0 Å². The number of aliphatic hydroxyl groups is 1. The van der Waals surface area contributed by atoms with Gasteiger partial charge in [-0.1, -0.05) is 11.8 Å². The third-order valence-corrected chi connectivity index (χ3v) is 6.35. The number of aliphatic hydroxyl groups excluding tert-OH is 1. The molecule has 1 aliphatic heterocycles. The molecule has 22 heavy (non-hydrogen) atoms. The Balaban J connectivity index is 1.73. The minimum atomic E-state index is -3.19. The molecule has 118 valence electrons. The maximum Gasteiger partial charge on any atom is 0.277 e. The van der Waals surface area contributed by atoms with Crippen LogP contribution in [0.15, 0.2) is 33.9 Å². The van der Waals surface area contributed by atoms with Crippen molar-refractivity contribution in [3.8, 4) is 17.2 Å². The van der Waals surface area contributed by atoms with Crippen LogP contribution >= 0.6 is 11.8 Å². The van der Waals surface area contributed by atoms with Crippen LogP contribution in [-0.4, -0.2) is 53.7 Å². The minimum Gasteiger partial charge on any atom is -0.497 e. The van der Waals surface area contributed by atoms with Gasteiger partial charge in [-0.25, -0.2) is 8.42 Å². The summed E-state index contributed by atoms with van der Waals surface area (Å²) in [6.45, 7) is 0. The van der Waals surface area contributed by atoms with E-state index in [-0.39, 0.29) is 16.7 Å². The van der Waals surface area contributed by atoms with Crippen LogP contribution in [0.5, 0.6) is 5.75 Å². The molecule has 1 N–H and O–H groups in total. The second-order valence-electron chi connectivity index (χ2n) is 4.90. The predicted octanol–water partition coefficient (Wildman–Crippen LogP) is 0.995. The molecule has 1 aliphatic rings. The van der Waals surface area contributed by atoms with Crippen LogP contribution in [-0.2, 0) is 9.84 Å². The molecule has 2 aromatic rings. The highest BCUT2D eigenvalue weighted by molar-refractivity contribution is 8.01. The first-order chi connectivity index (χ1) is 10.5. The molecule has 0 bridgehead atoms. The fourth-order valence-electron chi connectivity index (χ4n) is 2.15. The molecule has 0 saturated carbocycles. The molecule has 0 radical (unpaired) electrons. The number of hydrogen-bond donors (Lipinski definition) is 1. The maximum absolute atomic E-state index is 11.5. The number of rotatable bonds is 4. The first-order valence-electron chi connectivity index (χ1n) is 6.50. The van der Waals surface area contributed by atoms with Crippen molar-refractivity contribution in [2.24, 2.45) is 0 Å². The summed E-state index contributed by atoms with van der Waals surface area (Å²) in [5.41, 5.74) is 0.736. The predicted molar refractivity (Wildman–Crippen MR) is 80.6 cm³/mol. The van der Waals surface area contributed by atoms with Gasteiger partial charge in [0, 0.05) is 5.56 Å². The van der Waals surface area contributed by atoms with Gasteiger partial charge in [0.2, 0.25) is 5.89 Å². The molecule has 1 aromatic heterocycles. The Morgan fingerprint density at radius 2 is 2.00 bits per heavy atom. The number of nitrogens with zero attached hydrogens (tertiary/aromatic N) is 2. The minimum absolute atomic E-state index is 0.0842. The van der Waals surface area contributed by atoms with Gasteiger partial charge in [-0.15, -0.1) is 10.2 Å². The van der Waals surface area contributed by atoms with Crippen molar-refractivity contribution < 1.29 is 22.7 Å². The van der Waals surface area contributed by atoms with Gasteiger partial charge >= 0.3 is 0 Å². The van der Waals surface area contributed by atoms with Crippen LogP contribution in [0.4, 0.5) is 0 Å². The fourth-order valence-corrected chi connectivity index (χ4v) is 5.50. The van der Waals surface area contributed by atoms with E-state index in [4.69, 9.17) is 9.15 Å². The number of aromatic nitrogens is 2. The average Bonchev–Trinajstić information content (AvgIpc) is 3.04. The summed E-state index contributed by atoms with van der Waals surface area (Å²) in [5.74, 6) is 0.751. The summed E-state index contributed by atoms with van der Waals surface area (Å²) in [6, 6.07) is 7.13. The first kappa shape index (κ1) is 15.3. The topological polar surface area (TPSA) is 103 Å². The van der Waals surface area contributed by atoms with Crippen LogP contribution in [0, 0.1) is 0 Å². The van der Waals surface area contributed by atoms with Gasteiger partial charge in [-0.3, -0.25) is 0 Å². The Labute approximate surface area is 131 Å². The Morgan fingerprint density at radius 3 is 2.59 bits per heavy atom. The Kier molecular flexibility index (Phi) is 4.11. The van der Waals surface area contributed by atoms with Crippen molar-refractivity contribution in [2.75, 3.05) is 18.6 Å². The zero-order valence-corrected chi connectivity index (χ0v) is 13.3. The van der Waals surface area contributed by atoms with Gasteiger partial charge in [-0.05, 0) is 24.3 Å². The number of methoxy groups -OCH3 is 1. The van der Waals surface area contributed by atoms with Crippen molar-refractivity contribution in [3.05, 3.63) is 24.3 Å². The van der Waals surface area contributed by atoms with Gasteiger partial charge in [0.1, 0.15) is 5.75 Å². The molecule has 0 aliphatic carbocycles. The van der Waals surface area contributed by atoms with Gasteiger partial charge in [-0.2, -0.15) is 0 Å². The van der Waals surface area contributed by atoms with Crippen molar-refractivity contribution in [3.63, 3.8) is 0 Å². The van der Waals surface area contributed by atoms with Crippen LogP contribution in [0.25, 0.3) is 11.5 Å². The van der Waals surface area contributed by atoms with Gasteiger partial charge in [0.05, 0.1) is 30.0 Å². The quantitative estimate of drug-likeness (QED) is 0.878. The van der Waals surface area contributed by atoms with Gasteiger partial charge in [0.25, 0.3) is 5.22 Å². The van der Waals surface area contributed by atoms with E-state index in [1.807, 2.05) is 0 Å². The van der Waals surface area contributed by atoms with Crippen LogP contribution in [0.1, 0.15) is 0 Å². The van der Waals surface area contributed by atoms with E-state index in [1.165, 1.54) is 0 Å².